The maximum Gasteiger partial charge on any atom is 0.335 e. The van der Waals surface area contributed by atoms with Crippen molar-refractivity contribution in [3.8, 4) is 0 Å². The van der Waals surface area contributed by atoms with Crippen molar-refractivity contribution in [3.05, 3.63) is 64.7 Å². The number of aryl methyl sites for hydroxylation is 2. The second-order valence-corrected chi connectivity index (χ2v) is 6.84. The Kier molecular flexibility index (Phi) is 4.63. The number of carboxylic acids is 1. The van der Waals surface area contributed by atoms with Crippen LogP contribution in [0.5, 0.6) is 0 Å². The molecule has 0 amide bonds. The molecule has 6 heteroatoms. The molecule has 0 aromatic heterocycles. The molecular formula is C16H17NO4S. The van der Waals surface area contributed by atoms with E-state index < -0.39 is 16.0 Å². The summed E-state index contributed by atoms with van der Waals surface area (Å²) in [6.07, 6.45) is 0. The van der Waals surface area contributed by atoms with Crippen LogP contribution in [0.4, 0.5) is 0 Å². The third kappa shape index (κ3) is 3.72. The van der Waals surface area contributed by atoms with Gasteiger partial charge in [0.1, 0.15) is 0 Å². The van der Waals surface area contributed by atoms with E-state index in [4.69, 9.17) is 5.11 Å². The highest BCUT2D eigenvalue weighted by Gasteiger charge is 2.14. The second kappa shape index (κ2) is 6.29. The molecule has 0 radical (unpaired) electrons. The van der Waals surface area contributed by atoms with Gasteiger partial charge in [-0.1, -0.05) is 18.2 Å². The lowest BCUT2D eigenvalue weighted by atomic mass is 10.1. The molecule has 0 spiro atoms. The molecule has 0 bridgehead atoms. The van der Waals surface area contributed by atoms with Crippen molar-refractivity contribution < 1.29 is 18.3 Å². The molecule has 0 atom stereocenters. The van der Waals surface area contributed by atoms with Crippen LogP contribution in [0.1, 0.15) is 27.0 Å². The number of hydrogen-bond donors (Lipinski definition) is 2. The molecule has 0 aliphatic carbocycles. The highest BCUT2D eigenvalue weighted by atomic mass is 32.2. The number of carbonyl (C=O) groups is 1. The summed E-state index contributed by atoms with van der Waals surface area (Å²) in [6.45, 7) is 4.15. The van der Waals surface area contributed by atoms with E-state index in [9.17, 15) is 13.2 Å². The molecule has 0 saturated carbocycles. The van der Waals surface area contributed by atoms with Gasteiger partial charge in [0, 0.05) is 6.54 Å². The van der Waals surface area contributed by atoms with Gasteiger partial charge in [-0.15, -0.1) is 0 Å². The highest BCUT2D eigenvalue weighted by Crippen LogP contribution is 2.13. The number of nitrogens with one attached hydrogen (secondary N) is 1. The minimum absolute atomic E-state index is 0.0429. The van der Waals surface area contributed by atoms with Crippen LogP contribution in [0.15, 0.2) is 47.4 Å². The number of rotatable bonds is 5. The van der Waals surface area contributed by atoms with Gasteiger partial charge >= 0.3 is 5.97 Å². The van der Waals surface area contributed by atoms with Crippen molar-refractivity contribution >= 4 is 16.0 Å². The van der Waals surface area contributed by atoms with Crippen LogP contribution < -0.4 is 4.72 Å². The Hall–Kier alpha value is -2.18. The molecule has 0 unspecified atom stereocenters. The number of aromatic carboxylic acids is 1. The largest absolute Gasteiger partial charge is 0.478 e. The summed E-state index contributed by atoms with van der Waals surface area (Å²) in [5.41, 5.74) is 3.17. The first-order chi connectivity index (χ1) is 10.3. The molecule has 0 saturated heterocycles. The van der Waals surface area contributed by atoms with Crippen molar-refractivity contribution in [1.29, 1.82) is 0 Å². The Labute approximate surface area is 129 Å². The molecular weight excluding hydrogens is 302 g/mol. The summed E-state index contributed by atoms with van der Waals surface area (Å²) in [4.78, 5) is 10.8. The van der Waals surface area contributed by atoms with E-state index in [-0.39, 0.29) is 17.0 Å². The zero-order valence-electron chi connectivity index (χ0n) is 12.3. The van der Waals surface area contributed by atoms with Crippen LogP contribution in [0.3, 0.4) is 0 Å². The first-order valence-corrected chi connectivity index (χ1v) is 8.17. The topological polar surface area (TPSA) is 83.5 Å². The minimum atomic E-state index is -3.67. The van der Waals surface area contributed by atoms with Crippen molar-refractivity contribution in [3.63, 3.8) is 0 Å². The molecule has 22 heavy (non-hydrogen) atoms. The van der Waals surface area contributed by atoms with Crippen molar-refractivity contribution in [1.82, 2.24) is 4.72 Å². The van der Waals surface area contributed by atoms with E-state index in [1.54, 1.807) is 0 Å². The van der Waals surface area contributed by atoms with Crippen LogP contribution in [-0.2, 0) is 16.6 Å². The molecule has 2 aromatic rings. The maximum absolute atomic E-state index is 12.2. The van der Waals surface area contributed by atoms with Gasteiger partial charge in [0.25, 0.3) is 0 Å². The molecule has 2 N–H and O–H groups in total. The van der Waals surface area contributed by atoms with Crippen molar-refractivity contribution in [2.75, 3.05) is 0 Å². The van der Waals surface area contributed by atoms with E-state index in [0.717, 1.165) is 16.7 Å². The van der Waals surface area contributed by atoms with Gasteiger partial charge in [-0.2, -0.15) is 0 Å². The first kappa shape index (κ1) is 16.2. The fraction of sp³-hybridized carbons (Fsp3) is 0.188. The van der Waals surface area contributed by atoms with E-state index >= 15 is 0 Å². The second-order valence-electron chi connectivity index (χ2n) is 5.07. The van der Waals surface area contributed by atoms with E-state index in [0.29, 0.717) is 0 Å². The molecule has 0 heterocycles. The predicted molar refractivity (Wildman–Crippen MR) is 83.3 cm³/mol. The van der Waals surface area contributed by atoms with Gasteiger partial charge in [-0.3, -0.25) is 0 Å². The standard InChI is InChI=1S/C16H17NO4S/c1-11-3-4-13(9-12(11)2)10-17-22(20,21)15-7-5-14(6-8-15)16(18)19/h3-9,17H,10H2,1-2H3,(H,18,19). The van der Waals surface area contributed by atoms with E-state index in [1.165, 1.54) is 24.3 Å². The maximum atomic E-state index is 12.2. The van der Waals surface area contributed by atoms with Gasteiger partial charge in [0.05, 0.1) is 10.5 Å². The smallest absolute Gasteiger partial charge is 0.335 e. The summed E-state index contributed by atoms with van der Waals surface area (Å²) in [5, 5.41) is 8.81. The van der Waals surface area contributed by atoms with Crippen LogP contribution in [0.2, 0.25) is 0 Å². The summed E-state index contributed by atoms with van der Waals surface area (Å²) >= 11 is 0. The summed E-state index contributed by atoms with van der Waals surface area (Å²) < 4.78 is 26.9. The molecule has 116 valence electrons. The summed E-state index contributed by atoms with van der Waals surface area (Å²) in [6, 6.07) is 10.9. The monoisotopic (exact) mass is 319 g/mol. The van der Waals surface area contributed by atoms with Crippen LogP contribution in [-0.4, -0.2) is 19.5 Å². The molecule has 0 aliphatic rings. The summed E-state index contributed by atoms with van der Waals surface area (Å²) in [5.74, 6) is -1.09. The van der Waals surface area contributed by atoms with Gasteiger partial charge < -0.3 is 5.11 Å². The fourth-order valence-corrected chi connectivity index (χ4v) is 2.97. The molecule has 2 rings (SSSR count). The SMILES string of the molecule is Cc1ccc(CNS(=O)(=O)c2ccc(C(=O)O)cc2)cc1C. The average Bonchev–Trinajstić information content (AvgIpc) is 2.48. The van der Waals surface area contributed by atoms with E-state index in [1.807, 2.05) is 32.0 Å². The number of sulfonamides is 1. The quantitative estimate of drug-likeness (QED) is 0.887. The Morgan fingerprint density at radius 1 is 1.05 bits per heavy atom. The fourth-order valence-electron chi connectivity index (χ4n) is 1.95. The Balaban J connectivity index is 2.13. The Bertz CT molecular complexity index is 795. The van der Waals surface area contributed by atoms with Crippen molar-refractivity contribution in [2.24, 2.45) is 0 Å². The lowest BCUT2D eigenvalue weighted by molar-refractivity contribution is 0.0696. The predicted octanol–water partition coefficient (Wildman–Crippen LogP) is 2.48. The van der Waals surface area contributed by atoms with Gasteiger partial charge in [0.2, 0.25) is 10.0 Å². The van der Waals surface area contributed by atoms with Crippen LogP contribution in [0, 0.1) is 13.8 Å². The zero-order chi connectivity index (χ0) is 16.3. The highest BCUT2D eigenvalue weighted by molar-refractivity contribution is 7.89. The number of benzene rings is 2. The van der Waals surface area contributed by atoms with Crippen molar-refractivity contribution in [2.45, 2.75) is 25.3 Å². The Morgan fingerprint density at radius 3 is 2.23 bits per heavy atom. The molecule has 5 nitrogen and oxygen atoms in total. The van der Waals surface area contributed by atoms with Gasteiger partial charge in [-0.05, 0) is 54.8 Å². The Morgan fingerprint density at radius 2 is 1.68 bits per heavy atom. The first-order valence-electron chi connectivity index (χ1n) is 6.69. The normalized spacial score (nSPS) is 11.4. The van der Waals surface area contributed by atoms with Crippen LogP contribution in [0.25, 0.3) is 0 Å². The lowest BCUT2D eigenvalue weighted by Gasteiger charge is -2.09. The average molecular weight is 319 g/mol. The zero-order valence-corrected chi connectivity index (χ0v) is 13.1. The minimum Gasteiger partial charge on any atom is -0.478 e. The number of carboxylic acid groups (broad SMARTS) is 1. The molecule has 0 fully saturated rings. The van der Waals surface area contributed by atoms with Gasteiger partial charge in [-0.25, -0.2) is 17.9 Å². The lowest BCUT2D eigenvalue weighted by Crippen LogP contribution is -2.23. The molecule has 0 aliphatic heterocycles. The molecule has 2 aromatic carbocycles. The third-order valence-electron chi connectivity index (χ3n) is 3.45. The number of hydrogen-bond acceptors (Lipinski definition) is 3. The van der Waals surface area contributed by atoms with Gasteiger partial charge in [0.15, 0.2) is 0 Å². The summed E-state index contributed by atoms with van der Waals surface area (Å²) in [7, 11) is -3.67. The third-order valence-corrected chi connectivity index (χ3v) is 4.87. The van der Waals surface area contributed by atoms with E-state index in [2.05, 4.69) is 4.72 Å². The van der Waals surface area contributed by atoms with Crippen LogP contribution >= 0.6 is 0 Å².